The van der Waals surface area contributed by atoms with E-state index in [0.717, 1.165) is 31.2 Å². The molecule has 0 saturated heterocycles. The minimum absolute atomic E-state index is 0.0371. The molecule has 1 fully saturated rings. The Morgan fingerprint density at radius 3 is 1.96 bits per heavy atom. The fraction of sp³-hybridized carbons (Fsp3) is 0.318. The van der Waals surface area contributed by atoms with Crippen molar-refractivity contribution >= 4 is 11.9 Å². The minimum atomic E-state index is -0.440. The first-order chi connectivity index (χ1) is 12.5. The first-order valence-corrected chi connectivity index (χ1v) is 8.93. The summed E-state index contributed by atoms with van der Waals surface area (Å²) in [4.78, 5) is 24.4. The molecule has 0 aromatic heterocycles. The normalized spacial score (nSPS) is 15.5. The monoisotopic (exact) mass is 351 g/mol. The van der Waals surface area contributed by atoms with Gasteiger partial charge in [-0.1, -0.05) is 24.6 Å². The fourth-order valence-corrected chi connectivity index (χ4v) is 2.98. The van der Waals surface area contributed by atoms with Crippen LogP contribution in [0.4, 0.5) is 0 Å². The van der Waals surface area contributed by atoms with Crippen molar-refractivity contribution in [2.45, 2.75) is 39.5 Å². The summed E-state index contributed by atoms with van der Waals surface area (Å²) in [6.07, 6.45) is 3.68. The van der Waals surface area contributed by atoms with Crippen molar-refractivity contribution in [3.05, 3.63) is 65.6 Å². The Balaban J connectivity index is 1.56. The second-order valence-corrected chi connectivity index (χ2v) is 6.88. The van der Waals surface area contributed by atoms with Crippen LogP contribution in [-0.2, 0) is 4.79 Å². The molecule has 0 amide bonds. The first kappa shape index (κ1) is 18.2. The summed E-state index contributed by atoms with van der Waals surface area (Å²) in [7, 11) is 0. The molecule has 2 aromatic rings. The third-order valence-corrected chi connectivity index (χ3v) is 4.71. The summed E-state index contributed by atoms with van der Waals surface area (Å²) in [5, 5.41) is 0. The summed E-state index contributed by atoms with van der Waals surface area (Å²) in [5.41, 5.74) is 1.51. The maximum Gasteiger partial charge on any atom is 0.343 e. The van der Waals surface area contributed by atoms with E-state index in [1.54, 1.807) is 36.4 Å². The van der Waals surface area contributed by atoms with Crippen molar-refractivity contribution in [3.63, 3.8) is 0 Å². The van der Waals surface area contributed by atoms with Crippen LogP contribution in [-0.4, -0.2) is 11.9 Å². The predicted molar refractivity (Wildman–Crippen MR) is 99.1 cm³/mol. The van der Waals surface area contributed by atoms with Gasteiger partial charge in [-0.05, 0) is 74.9 Å². The van der Waals surface area contributed by atoms with Crippen LogP contribution in [0.3, 0.4) is 0 Å². The zero-order chi connectivity index (χ0) is 18.5. The first-order valence-electron chi connectivity index (χ1n) is 8.93. The van der Waals surface area contributed by atoms with Gasteiger partial charge in [0.25, 0.3) is 0 Å². The highest BCUT2D eigenvalue weighted by Crippen LogP contribution is 2.30. The Kier molecular flexibility index (Phi) is 5.71. The van der Waals surface area contributed by atoms with Crippen LogP contribution in [0.1, 0.15) is 48.5 Å². The quantitative estimate of drug-likeness (QED) is 0.580. The van der Waals surface area contributed by atoms with Crippen molar-refractivity contribution in [1.82, 2.24) is 0 Å². The van der Waals surface area contributed by atoms with E-state index < -0.39 is 5.97 Å². The van der Waals surface area contributed by atoms with Gasteiger partial charge in [-0.25, -0.2) is 4.79 Å². The zero-order valence-corrected chi connectivity index (χ0v) is 15.2. The highest BCUT2D eigenvalue weighted by Gasteiger charge is 2.26. The van der Waals surface area contributed by atoms with Crippen LogP contribution in [0.2, 0.25) is 0 Å². The summed E-state index contributed by atoms with van der Waals surface area (Å²) in [5.74, 6) is 1.74. The Morgan fingerprint density at radius 2 is 1.35 bits per heavy atom. The van der Waals surface area contributed by atoms with Crippen LogP contribution >= 0.6 is 0 Å². The van der Waals surface area contributed by atoms with E-state index in [0.29, 0.717) is 17.1 Å². The average molecular weight is 351 g/mol. The molecule has 0 aliphatic heterocycles. The summed E-state index contributed by atoms with van der Waals surface area (Å²) in [6.45, 7) is 4.11. The standard InChI is InChI=1S/C22H23O4/c1-15-3-7-17(8-4-15)21(23)26-20-13-9-18(10-14-20)22(24)25-19-11-5-16(2)6-12-19/h5-6,9-14,17H,3-4,7-8H2,1-2H3. The van der Waals surface area contributed by atoms with Crippen LogP contribution in [0, 0.1) is 18.8 Å². The molecular weight excluding hydrogens is 328 g/mol. The van der Waals surface area contributed by atoms with Gasteiger partial charge in [-0.3, -0.25) is 4.79 Å². The van der Waals surface area contributed by atoms with E-state index in [9.17, 15) is 9.59 Å². The van der Waals surface area contributed by atoms with E-state index in [2.05, 4.69) is 6.92 Å². The highest BCUT2D eigenvalue weighted by atomic mass is 16.5. The predicted octanol–water partition coefficient (Wildman–Crippen LogP) is 4.90. The molecule has 0 spiro atoms. The van der Waals surface area contributed by atoms with E-state index in [1.807, 2.05) is 19.1 Å². The maximum absolute atomic E-state index is 12.2. The molecule has 0 atom stereocenters. The van der Waals surface area contributed by atoms with E-state index >= 15 is 0 Å². The SMILES string of the molecule is C[C]1CCC(C(=O)Oc2ccc(C(=O)Oc3ccc(C)cc3)cc2)CC1. The average Bonchev–Trinajstić information content (AvgIpc) is 2.64. The summed E-state index contributed by atoms with van der Waals surface area (Å²) in [6, 6.07) is 13.8. The van der Waals surface area contributed by atoms with Crippen LogP contribution in [0.25, 0.3) is 0 Å². The smallest absolute Gasteiger partial charge is 0.343 e. The third kappa shape index (κ3) is 4.72. The number of hydrogen-bond acceptors (Lipinski definition) is 4. The molecule has 4 nitrogen and oxygen atoms in total. The topological polar surface area (TPSA) is 52.6 Å². The van der Waals surface area contributed by atoms with Crippen molar-refractivity contribution in [3.8, 4) is 11.5 Å². The molecule has 1 radical (unpaired) electrons. The fourth-order valence-electron chi connectivity index (χ4n) is 2.98. The lowest BCUT2D eigenvalue weighted by Gasteiger charge is -2.24. The molecule has 4 heteroatoms. The number of aryl methyl sites for hydroxylation is 1. The molecule has 135 valence electrons. The largest absolute Gasteiger partial charge is 0.426 e. The molecule has 3 rings (SSSR count). The van der Waals surface area contributed by atoms with Gasteiger partial charge in [0, 0.05) is 0 Å². The number of rotatable bonds is 4. The second-order valence-electron chi connectivity index (χ2n) is 6.88. The molecule has 1 saturated carbocycles. The molecular formula is C22H23O4. The maximum atomic E-state index is 12.2. The van der Waals surface area contributed by atoms with Gasteiger partial charge >= 0.3 is 11.9 Å². The number of carbonyl (C=O) groups excluding carboxylic acids is 2. The van der Waals surface area contributed by atoms with Crippen molar-refractivity contribution in [1.29, 1.82) is 0 Å². The Morgan fingerprint density at radius 1 is 0.808 bits per heavy atom. The Hall–Kier alpha value is -2.62. The molecule has 1 aliphatic rings. The van der Waals surface area contributed by atoms with Crippen LogP contribution in [0.15, 0.2) is 48.5 Å². The summed E-state index contributed by atoms with van der Waals surface area (Å²) < 4.78 is 10.8. The summed E-state index contributed by atoms with van der Waals surface area (Å²) >= 11 is 0. The van der Waals surface area contributed by atoms with Gasteiger partial charge in [0.1, 0.15) is 11.5 Å². The number of hydrogen-bond donors (Lipinski definition) is 0. The van der Waals surface area contributed by atoms with Crippen molar-refractivity contribution in [2.24, 2.45) is 5.92 Å². The molecule has 0 unspecified atom stereocenters. The third-order valence-electron chi connectivity index (χ3n) is 4.71. The Bertz CT molecular complexity index is 754. The van der Waals surface area contributed by atoms with Crippen LogP contribution in [0.5, 0.6) is 11.5 Å². The lowest BCUT2D eigenvalue weighted by atomic mass is 9.83. The van der Waals surface area contributed by atoms with Gasteiger partial charge in [-0.15, -0.1) is 0 Å². The Labute approximate surface area is 154 Å². The van der Waals surface area contributed by atoms with Gasteiger partial charge < -0.3 is 9.47 Å². The van der Waals surface area contributed by atoms with Crippen LogP contribution < -0.4 is 9.47 Å². The van der Waals surface area contributed by atoms with Gasteiger partial charge in [0.15, 0.2) is 0 Å². The molecule has 26 heavy (non-hydrogen) atoms. The van der Waals surface area contributed by atoms with Gasteiger partial charge in [0.2, 0.25) is 0 Å². The number of esters is 2. The molecule has 0 heterocycles. The molecule has 0 bridgehead atoms. The zero-order valence-electron chi connectivity index (χ0n) is 15.2. The highest BCUT2D eigenvalue weighted by molar-refractivity contribution is 5.91. The van der Waals surface area contributed by atoms with Gasteiger partial charge in [-0.2, -0.15) is 0 Å². The van der Waals surface area contributed by atoms with Crippen molar-refractivity contribution in [2.75, 3.05) is 0 Å². The second kappa shape index (κ2) is 8.17. The number of ether oxygens (including phenoxy) is 2. The van der Waals surface area contributed by atoms with E-state index in [4.69, 9.17) is 9.47 Å². The molecule has 0 N–H and O–H groups in total. The van der Waals surface area contributed by atoms with Crippen molar-refractivity contribution < 1.29 is 19.1 Å². The minimum Gasteiger partial charge on any atom is -0.426 e. The lowest BCUT2D eigenvalue weighted by Crippen LogP contribution is -2.24. The number of benzene rings is 2. The van der Waals surface area contributed by atoms with E-state index in [1.165, 1.54) is 5.92 Å². The molecule has 2 aromatic carbocycles. The van der Waals surface area contributed by atoms with Gasteiger partial charge in [0.05, 0.1) is 11.5 Å². The molecule has 1 aliphatic carbocycles. The lowest BCUT2D eigenvalue weighted by molar-refractivity contribution is -0.139. The van der Waals surface area contributed by atoms with E-state index in [-0.39, 0.29) is 11.9 Å². The number of carbonyl (C=O) groups is 2.